The number of nitrogens with zero attached hydrogens (tertiary/aromatic N) is 1. The lowest BCUT2D eigenvalue weighted by atomic mass is 9.84. The summed E-state index contributed by atoms with van der Waals surface area (Å²) in [7, 11) is 1.24. The fourth-order valence-electron chi connectivity index (χ4n) is 2.56. The zero-order valence-electron chi connectivity index (χ0n) is 13.4. The summed E-state index contributed by atoms with van der Waals surface area (Å²) < 4.78 is 4.58. The van der Waals surface area contributed by atoms with Crippen LogP contribution < -0.4 is 0 Å². The maximum atomic E-state index is 11.9. The number of carbonyl (C=O) groups is 1. The molecule has 0 aliphatic rings. The van der Waals surface area contributed by atoms with Crippen LogP contribution in [0, 0.1) is 10.1 Å². The summed E-state index contributed by atoms with van der Waals surface area (Å²) in [5.74, 6) is -0.609. The van der Waals surface area contributed by atoms with Crippen LogP contribution in [0.2, 0.25) is 0 Å². The lowest BCUT2D eigenvalue weighted by molar-refractivity contribution is -0.554. The lowest BCUT2D eigenvalue weighted by Gasteiger charge is -2.22. The average Bonchev–Trinajstić information content (AvgIpc) is 2.61. The number of carbonyl (C=O) groups excluding carboxylic acids is 1. The average molecular weight is 325 g/mol. The highest BCUT2D eigenvalue weighted by Gasteiger charge is 2.40. The third-order valence-corrected chi connectivity index (χ3v) is 3.80. The van der Waals surface area contributed by atoms with E-state index < -0.39 is 11.5 Å². The fraction of sp³-hybridized carbons (Fsp3) is 0.211. The van der Waals surface area contributed by atoms with Crippen LogP contribution in [0.5, 0.6) is 0 Å². The second-order valence-electron chi connectivity index (χ2n) is 5.54. The first kappa shape index (κ1) is 17.4. The van der Waals surface area contributed by atoms with E-state index in [1.807, 2.05) is 60.7 Å². The number of nitro groups is 1. The molecule has 2 aromatic rings. The Balaban J connectivity index is 2.41. The van der Waals surface area contributed by atoms with Gasteiger partial charge < -0.3 is 4.74 Å². The Morgan fingerprint density at radius 2 is 1.50 bits per heavy atom. The number of ether oxygens (including phenoxy) is 1. The Kier molecular flexibility index (Phi) is 5.84. The standard InChI is InChI=1S/C19H19NO4/c1-24-18(21)12-13-19(20(22)23,14-16-8-4-2-5-9-16)15-17-10-6-3-7-11-17/h2-13H,14-15H2,1H3. The summed E-state index contributed by atoms with van der Waals surface area (Å²) in [6, 6.07) is 18.4. The molecule has 5 heteroatoms. The molecule has 0 aliphatic heterocycles. The molecule has 24 heavy (non-hydrogen) atoms. The quantitative estimate of drug-likeness (QED) is 0.339. The third-order valence-electron chi connectivity index (χ3n) is 3.80. The van der Waals surface area contributed by atoms with Gasteiger partial charge in [-0.1, -0.05) is 60.7 Å². The van der Waals surface area contributed by atoms with Gasteiger partial charge in [0.1, 0.15) is 0 Å². The summed E-state index contributed by atoms with van der Waals surface area (Å²) in [4.78, 5) is 23.1. The number of hydrogen-bond acceptors (Lipinski definition) is 4. The molecule has 0 N–H and O–H groups in total. The van der Waals surface area contributed by atoms with E-state index in [4.69, 9.17) is 0 Å². The predicted molar refractivity (Wildman–Crippen MR) is 91.2 cm³/mol. The topological polar surface area (TPSA) is 69.4 Å². The lowest BCUT2D eigenvalue weighted by Crippen LogP contribution is -2.41. The molecule has 0 saturated carbocycles. The van der Waals surface area contributed by atoms with Gasteiger partial charge in [0.2, 0.25) is 5.54 Å². The van der Waals surface area contributed by atoms with Gasteiger partial charge in [-0.15, -0.1) is 0 Å². The van der Waals surface area contributed by atoms with E-state index in [-0.39, 0.29) is 17.8 Å². The van der Waals surface area contributed by atoms with Crippen molar-refractivity contribution in [3.05, 3.63) is 94.1 Å². The number of esters is 1. The van der Waals surface area contributed by atoms with Crippen LogP contribution in [0.4, 0.5) is 0 Å². The number of rotatable bonds is 7. The molecule has 124 valence electrons. The predicted octanol–water partition coefficient (Wildman–Crippen LogP) is 3.22. The van der Waals surface area contributed by atoms with Gasteiger partial charge in [0.25, 0.3) is 0 Å². The highest BCUT2D eigenvalue weighted by atomic mass is 16.6. The van der Waals surface area contributed by atoms with Crippen molar-refractivity contribution in [2.24, 2.45) is 0 Å². The van der Waals surface area contributed by atoms with Crippen LogP contribution >= 0.6 is 0 Å². The monoisotopic (exact) mass is 325 g/mol. The Labute approximate surface area is 140 Å². The minimum Gasteiger partial charge on any atom is -0.466 e. The zero-order chi connectivity index (χ0) is 17.4. The molecular formula is C19H19NO4. The summed E-state index contributed by atoms with van der Waals surface area (Å²) in [5.41, 5.74) is 0.246. The molecule has 0 unspecified atom stereocenters. The van der Waals surface area contributed by atoms with Crippen molar-refractivity contribution in [3.63, 3.8) is 0 Å². The number of methoxy groups -OCH3 is 1. The molecule has 0 spiro atoms. The van der Waals surface area contributed by atoms with Gasteiger partial charge in [-0.3, -0.25) is 10.1 Å². The molecule has 2 rings (SSSR count). The van der Waals surface area contributed by atoms with Gasteiger partial charge in [-0.2, -0.15) is 0 Å². The third kappa shape index (κ3) is 4.52. The molecule has 0 amide bonds. The van der Waals surface area contributed by atoms with E-state index in [2.05, 4.69) is 4.74 Å². The SMILES string of the molecule is COC(=O)C=CC(Cc1ccccc1)(Cc1ccccc1)[N+](=O)[O-]. The second kappa shape index (κ2) is 8.06. The Morgan fingerprint density at radius 1 is 1.04 bits per heavy atom. The van der Waals surface area contributed by atoms with Crippen LogP contribution in [-0.4, -0.2) is 23.5 Å². The Morgan fingerprint density at radius 3 is 1.88 bits per heavy atom. The van der Waals surface area contributed by atoms with E-state index in [9.17, 15) is 14.9 Å². The summed E-state index contributed by atoms with van der Waals surface area (Å²) in [6.07, 6.45) is 2.85. The summed E-state index contributed by atoms with van der Waals surface area (Å²) >= 11 is 0. The molecule has 0 atom stereocenters. The largest absolute Gasteiger partial charge is 0.466 e. The minimum atomic E-state index is -1.42. The number of hydrogen-bond donors (Lipinski definition) is 0. The second-order valence-corrected chi connectivity index (χ2v) is 5.54. The Bertz CT molecular complexity index is 669. The molecular weight excluding hydrogens is 306 g/mol. The van der Waals surface area contributed by atoms with Crippen molar-refractivity contribution in [2.45, 2.75) is 18.4 Å². The molecule has 0 radical (unpaired) electrons. The molecule has 0 bridgehead atoms. The van der Waals surface area contributed by atoms with Gasteiger partial charge in [0.15, 0.2) is 0 Å². The normalized spacial score (nSPS) is 11.4. The van der Waals surface area contributed by atoms with Crippen LogP contribution in [0.1, 0.15) is 11.1 Å². The zero-order valence-corrected chi connectivity index (χ0v) is 13.4. The molecule has 0 heterocycles. The van der Waals surface area contributed by atoms with E-state index in [0.29, 0.717) is 0 Å². The molecule has 5 nitrogen and oxygen atoms in total. The van der Waals surface area contributed by atoms with Gasteiger partial charge in [0.05, 0.1) is 7.11 Å². The van der Waals surface area contributed by atoms with Crippen molar-refractivity contribution in [1.82, 2.24) is 0 Å². The molecule has 0 saturated heterocycles. The molecule has 0 fully saturated rings. The van der Waals surface area contributed by atoms with Gasteiger partial charge in [-0.25, -0.2) is 4.79 Å². The summed E-state index contributed by atoms with van der Waals surface area (Å²) in [5, 5.41) is 11.9. The van der Waals surface area contributed by atoms with E-state index in [1.165, 1.54) is 13.2 Å². The maximum Gasteiger partial charge on any atom is 0.330 e. The first-order chi connectivity index (χ1) is 11.6. The van der Waals surface area contributed by atoms with Gasteiger partial charge in [0, 0.05) is 23.8 Å². The van der Waals surface area contributed by atoms with Crippen molar-refractivity contribution < 1.29 is 14.5 Å². The van der Waals surface area contributed by atoms with E-state index >= 15 is 0 Å². The van der Waals surface area contributed by atoms with E-state index in [0.717, 1.165) is 17.2 Å². The fourth-order valence-corrected chi connectivity index (χ4v) is 2.56. The molecule has 2 aromatic carbocycles. The smallest absolute Gasteiger partial charge is 0.330 e. The van der Waals surface area contributed by atoms with Crippen molar-refractivity contribution in [2.75, 3.05) is 7.11 Å². The molecule has 0 aliphatic carbocycles. The minimum absolute atomic E-state index is 0.184. The first-order valence-electron chi connectivity index (χ1n) is 7.55. The van der Waals surface area contributed by atoms with Crippen LogP contribution in [0.3, 0.4) is 0 Å². The van der Waals surface area contributed by atoms with Crippen molar-refractivity contribution in [1.29, 1.82) is 0 Å². The van der Waals surface area contributed by atoms with Gasteiger partial charge >= 0.3 is 5.97 Å². The number of benzene rings is 2. The highest BCUT2D eigenvalue weighted by Crippen LogP contribution is 2.24. The van der Waals surface area contributed by atoms with Crippen molar-refractivity contribution >= 4 is 5.97 Å². The summed E-state index contributed by atoms with van der Waals surface area (Å²) in [6.45, 7) is 0. The van der Waals surface area contributed by atoms with E-state index in [1.54, 1.807) is 0 Å². The highest BCUT2D eigenvalue weighted by molar-refractivity contribution is 5.82. The van der Waals surface area contributed by atoms with Gasteiger partial charge in [-0.05, 0) is 17.2 Å². The van der Waals surface area contributed by atoms with Crippen LogP contribution in [-0.2, 0) is 22.4 Å². The molecule has 0 aromatic heterocycles. The van der Waals surface area contributed by atoms with Crippen LogP contribution in [0.15, 0.2) is 72.8 Å². The Hall–Kier alpha value is -2.95. The maximum absolute atomic E-state index is 11.9. The van der Waals surface area contributed by atoms with Crippen molar-refractivity contribution in [3.8, 4) is 0 Å². The first-order valence-corrected chi connectivity index (χ1v) is 7.55. The van der Waals surface area contributed by atoms with Crippen LogP contribution in [0.25, 0.3) is 0 Å².